The van der Waals surface area contributed by atoms with Crippen molar-refractivity contribution in [1.82, 2.24) is 4.31 Å². The number of ether oxygens (including phenoxy) is 1. The second-order valence-electron chi connectivity index (χ2n) is 8.32. The monoisotopic (exact) mass is 550 g/mol. The molecule has 2 aromatic rings. The largest absolute Gasteiger partial charge is 0.379 e. The van der Waals surface area contributed by atoms with E-state index < -0.39 is 10.0 Å². The predicted molar refractivity (Wildman–Crippen MR) is 132 cm³/mol. The number of piperidine rings is 1. The van der Waals surface area contributed by atoms with E-state index in [2.05, 4.69) is 21.2 Å². The Morgan fingerprint density at radius 3 is 2.26 bits per heavy atom. The first-order valence-corrected chi connectivity index (χ1v) is 13.3. The summed E-state index contributed by atoms with van der Waals surface area (Å²) in [5.41, 5.74) is 6.85. The van der Waals surface area contributed by atoms with Crippen molar-refractivity contribution < 1.29 is 22.7 Å². The second-order valence-corrected chi connectivity index (χ2v) is 11.1. The Labute approximate surface area is 207 Å². The number of sulfonamides is 1. The Balaban J connectivity index is 1.65. The number of hydrogen-bond acceptors (Lipinski definition) is 6. The summed E-state index contributed by atoms with van der Waals surface area (Å²) in [5, 5.41) is 2.80. The molecule has 11 heteroatoms. The van der Waals surface area contributed by atoms with E-state index in [1.165, 1.54) is 10.4 Å². The zero-order valence-corrected chi connectivity index (χ0v) is 21.0. The topological polar surface area (TPSA) is 122 Å². The highest BCUT2D eigenvalue weighted by Crippen LogP contribution is 2.34. The van der Waals surface area contributed by atoms with Crippen molar-refractivity contribution in [3.8, 4) is 0 Å². The van der Waals surface area contributed by atoms with Crippen LogP contribution in [-0.4, -0.2) is 63.9 Å². The standard InChI is InChI=1S/C23H27BrN4O5S/c24-18-3-1-17(2-4-18)23(30)26-19-5-6-20(27-9-7-16(8-10-27)22(25)29)21(15-19)34(31,32)28-11-13-33-14-12-28/h1-6,15-16H,7-14H2,(H2,25,29)(H,26,30). The number of carbonyl (C=O) groups is 2. The molecule has 2 saturated heterocycles. The lowest BCUT2D eigenvalue weighted by Gasteiger charge is -2.35. The van der Waals surface area contributed by atoms with Crippen LogP contribution in [0.1, 0.15) is 23.2 Å². The first-order valence-electron chi connectivity index (χ1n) is 11.1. The van der Waals surface area contributed by atoms with E-state index in [0.29, 0.717) is 56.1 Å². The fourth-order valence-electron chi connectivity index (χ4n) is 4.20. The van der Waals surface area contributed by atoms with Crippen LogP contribution in [0.4, 0.5) is 11.4 Å². The Morgan fingerprint density at radius 2 is 1.65 bits per heavy atom. The molecular formula is C23H27BrN4O5S. The normalized spacial score (nSPS) is 18.0. The van der Waals surface area contributed by atoms with Gasteiger partial charge in [-0.25, -0.2) is 8.42 Å². The summed E-state index contributed by atoms with van der Waals surface area (Å²) in [6, 6.07) is 11.8. The second kappa shape index (κ2) is 10.4. The molecule has 182 valence electrons. The molecule has 2 aromatic carbocycles. The van der Waals surface area contributed by atoms with Crippen LogP contribution in [-0.2, 0) is 19.6 Å². The third-order valence-electron chi connectivity index (χ3n) is 6.15. The highest BCUT2D eigenvalue weighted by atomic mass is 79.9. The molecule has 0 unspecified atom stereocenters. The summed E-state index contributed by atoms with van der Waals surface area (Å²) in [5.74, 6) is -0.871. The van der Waals surface area contributed by atoms with Crippen LogP contribution in [0.2, 0.25) is 0 Å². The molecule has 9 nitrogen and oxygen atoms in total. The summed E-state index contributed by atoms with van der Waals surface area (Å²) in [6.45, 7) is 2.23. The molecule has 0 atom stereocenters. The molecule has 2 fully saturated rings. The number of halogens is 1. The van der Waals surface area contributed by atoms with Crippen LogP contribution >= 0.6 is 15.9 Å². The van der Waals surface area contributed by atoms with Crippen molar-refractivity contribution in [1.29, 1.82) is 0 Å². The van der Waals surface area contributed by atoms with Crippen LogP contribution < -0.4 is 16.0 Å². The van der Waals surface area contributed by atoms with Gasteiger partial charge in [0.15, 0.2) is 0 Å². The van der Waals surface area contributed by atoms with E-state index in [1.807, 2.05) is 4.90 Å². The number of amides is 2. The van der Waals surface area contributed by atoms with E-state index in [1.54, 1.807) is 36.4 Å². The molecular weight excluding hydrogens is 524 g/mol. The maximum atomic E-state index is 13.6. The Bertz CT molecular complexity index is 1160. The minimum Gasteiger partial charge on any atom is -0.379 e. The average Bonchev–Trinajstić information content (AvgIpc) is 2.85. The van der Waals surface area contributed by atoms with Crippen molar-refractivity contribution in [2.24, 2.45) is 11.7 Å². The van der Waals surface area contributed by atoms with E-state index in [0.717, 1.165) is 4.47 Å². The van der Waals surface area contributed by atoms with Gasteiger partial charge in [0.2, 0.25) is 15.9 Å². The van der Waals surface area contributed by atoms with Gasteiger partial charge in [-0.15, -0.1) is 0 Å². The van der Waals surface area contributed by atoms with Crippen LogP contribution in [0.3, 0.4) is 0 Å². The lowest BCUT2D eigenvalue weighted by atomic mass is 9.96. The van der Waals surface area contributed by atoms with Gasteiger partial charge in [-0.05, 0) is 55.3 Å². The highest BCUT2D eigenvalue weighted by Gasteiger charge is 2.32. The number of nitrogens with zero attached hydrogens (tertiary/aromatic N) is 2. The zero-order valence-electron chi connectivity index (χ0n) is 18.6. The average molecular weight is 551 g/mol. The lowest BCUT2D eigenvalue weighted by molar-refractivity contribution is -0.122. The molecule has 2 amide bonds. The molecule has 3 N–H and O–H groups in total. The summed E-state index contributed by atoms with van der Waals surface area (Å²) in [6.07, 6.45) is 1.13. The van der Waals surface area contributed by atoms with E-state index in [9.17, 15) is 18.0 Å². The number of primary amides is 1. The Morgan fingerprint density at radius 1 is 1.00 bits per heavy atom. The van der Waals surface area contributed by atoms with Crippen molar-refractivity contribution in [2.45, 2.75) is 17.7 Å². The number of nitrogens with one attached hydrogen (secondary N) is 1. The summed E-state index contributed by atoms with van der Waals surface area (Å²) in [4.78, 5) is 26.4. The van der Waals surface area contributed by atoms with E-state index >= 15 is 0 Å². The van der Waals surface area contributed by atoms with Gasteiger partial charge in [0, 0.05) is 47.8 Å². The first-order chi connectivity index (χ1) is 16.3. The van der Waals surface area contributed by atoms with Gasteiger partial charge < -0.3 is 20.7 Å². The predicted octanol–water partition coefficient (Wildman–Crippen LogP) is 2.42. The molecule has 2 aliphatic rings. The van der Waals surface area contributed by atoms with Crippen molar-refractivity contribution in [3.63, 3.8) is 0 Å². The molecule has 0 radical (unpaired) electrons. The summed E-state index contributed by atoms with van der Waals surface area (Å²) >= 11 is 3.35. The Kier molecular flexibility index (Phi) is 7.56. The van der Waals surface area contributed by atoms with Gasteiger partial charge >= 0.3 is 0 Å². The van der Waals surface area contributed by atoms with Crippen LogP contribution in [0.25, 0.3) is 0 Å². The van der Waals surface area contributed by atoms with Crippen LogP contribution in [0.5, 0.6) is 0 Å². The van der Waals surface area contributed by atoms with Crippen LogP contribution in [0, 0.1) is 5.92 Å². The number of carbonyl (C=O) groups excluding carboxylic acids is 2. The van der Waals surface area contributed by atoms with Crippen LogP contribution in [0.15, 0.2) is 51.8 Å². The molecule has 2 aliphatic heterocycles. The molecule has 0 spiro atoms. The third kappa shape index (κ3) is 5.43. The van der Waals surface area contributed by atoms with Crippen molar-refractivity contribution in [2.75, 3.05) is 49.6 Å². The Hall–Kier alpha value is -2.47. The minimum absolute atomic E-state index is 0.125. The molecule has 2 heterocycles. The van der Waals surface area contributed by atoms with Gasteiger partial charge in [-0.1, -0.05) is 15.9 Å². The number of morpholine rings is 1. The number of rotatable bonds is 6. The molecule has 0 saturated carbocycles. The number of benzene rings is 2. The lowest BCUT2D eigenvalue weighted by Crippen LogP contribution is -2.42. The SMILES string of the molecule is NC(=O)C1CCN(c2ccc(NC(=O)c3ccc(Br)cc3)cc2S(=O)(=O)N2CCOCC2)CC1. The van der Waals surface area contributed by atoms with Gasteiger partial charge in [-0.3, -0.25) is 9.59 Å². The molecule has 34 heavy (non-hydrogen) atoms. The van der Waals surface area contributed by atoms with Gasteiger partial charge in [-0.2, -0.15) is 4.31 Å². The quantitative estimate of drug-likeness (QED) is 0.569. The highest BCUT2D eigenvalue weighted by molar-refractivity contribution is 9.10. The van der Waals surface area contributed by atoms with Gasteiger partial charge in [0.05, 0.1) is 18.9 Å². The van der Waals surface area contributed by atoms with Gasteiger partial charge in [0.25, 0.3) is 5.91 Å². The number of hydrogen-bond donors (Lipinski definition) is 2. The zero-order chi connectivity index (χ0) is 24.3. The molecule has 0 bridgehead atoms. The first kappa shape index (κ1) is 24.6. The molecule has 4 rings (SSSR count). The van der Waals surface area contributed by atoms with Crippen molar-refractivity contribution in [3.05, 3.63) is 52.5 Å². The fraction of sp³-hybridized carbons (Fsp3) is 0.391. The number of anilines is 2. The minimum atomic E-state index is -3.84. The molecule has 0 aromatic heterocycles. The maximum absolute atomic E-state index is 13.6. The molecule has 0 aliphatic carbocycles. The van der Waals surface area contributed by atoms with Crippen molar-refractivity contribution >= 4 is 49.1 Å². The van der Waals surface area contributed by atoms with E-state index in [4.69, 9.17) is 10.5 Å². The summed E-state index contributed by atoms with van der Waals surface area (Å²) < 4.78 is 34.8. The summed E-state index contributed by atoms with van der Waals surface area (Å²) in [7, 11) is -3.84. The maximum Gasteiger partial charge on any atom is 0.255 e. The fourth-order valence-corrected chi connectivity index (χ4v) is 6.10. The van der Waals surface area contributed by atoms with Gasteiger partial charge in [0.1, 0.15) is 4.90 Å². The van der Waals surface area contributed by atoms with E-state index in [-0.39, 0.29) is 35.7 Å². The number of nitrogens with two attached hydrogens (primary N) is 1. The third-order valence-corrected chi connectivity index (χ3v) is 8.61. The smallest absolute Gasteiger partial charge is 0.255 e.